The second kappa shape index (κ2) is 9.36. The highest BCUT2D eigenvalue weighted by Gasteiger charge is 2.19. The van der Waals surface area contributed by atoms with Crippen LogP contribution in [0.5, 0.6) is 5.75 Å². The molecule has 0 saturated heterocycles. The van der Waals surface area contributed by atoms with Crippen molar-refractivity contribution in [3.8, 4) is 5.75 Å². The topological polar surface area (TPSA) is 81.7 Å². The summed E-state index contributed by atoms with van der Waals surface area (Å²) in [6.45, 7) is 1.21. The average Bonchev–Trinajstić information content (AvgIpc) is 2.66. The predicted molar refractivity (Wildman–Crippen MR) is 96.0 cm³/mol. The molecule has 6 nitrogen and oxygen atoms in total. The van der Waals surface area contributed by atoms with Gasteiger partial charge in [-0.2, -0.15) is 0 Å². The standard InChI is InChI=1S/C20H21NO5/c1-14(20(24)16-8-10-17(25-2)11-9-16)26-19(23)13-21-18(22)12-15-6-4-3-5-7-15/h3-11,14H,12-13H2,1-2H3,(H,21,22)/t14-/m1/s1. The van der Waals surface area contributed by atoms with E-state index >= 15 is 0 Å². The van der Waals surface area contributed by atoms with Crippen LogP contribution in [0.4, 0.5) is 0 Å². The summed E-state index contributed by atoms with van der Waals surface area (Å²) in [7, 11) is 1.54. The summed E-state index contributed by atoms with van der Waals surface area (Å²) in [6.07, 6.45) is -0.768. The van der Waals surface area contributed by atoms with Gasteiger partial charge in [0.05, 0.1) is 13.5 Å². The zero-order chi connectivity index (χ0) is 18.9. The molecule has 0 spiro atoms. The van der Waals surface area contributed by atoms with Gasteiger partial charge in [0, 0.05) is 5.56 Å². The van der Waals surface area contributed by atoms with Crippen LogP contribution in [0.3, 0.4) is 0 Å². The molecular formula is C20H21NO5. The van der Waals surface area contributed by atoms with E-state index in [-0.39, 0.29) is 24.7 Å². The molecule has 0 fully saturated rings. The summed E-state index contributed by atoms with van der Waals surface area (Å²) >= 11 is 0. The summed E-state index contributed by atoms with van der Waals surface area (Å²) in [5, 5.41) is 2.49. The third kappa shape index (κ3) is 5.73. The predicted octanol–water partition coefficient (Wildman–Crippen LogP) is 2.17. The molecule has 0 unspecified atom stereocenters. The maximum atomic E-state index is 12.3. The monoisotopic (exact) mass is 355 g/mol. The van der Waals surface area contributed by atoms with E-state index in [1.807, 2.05) is 30.3 Å². The van der Waals surface area contributed by atoms with Crippen LogP contribution in [0.25, 0.3) is 0 Å². The second-order valence-corrected chi connectivity index (χ2v) is 5.66. The zero-order valence-electron chi connectivity index (χ0n) is 14.7. The Morgan fingerprint density at radius 1 is 1.00 bits per heavy atom. The largest absolute Gasteiger partial charge is 0.497 e. The lowest BCUT2D eigenvalue weighted by atomic mass is 10.1. The molecule has 1 N–H and O–H groups in total. The fourth-order valence-electron chi connectivity index (χ4n) is 2.30. The lowest BCUT2D eigenvalue weighted by molar-refractivity contribution is -0.146. The Bertz CT molecular complexity index is 756. The van der Waals surface area contributed by atoms with Crippen molar-refractivity contribution in [2.75, 3.05) is 13.7 Å². The van der Waals surface area contributed by atoms with Crippen LogP contribution in [0.1, 0.15) is 22.8 Å². The van der Waals surface area contributed by atoms with E-state index in [1.165, 1.54) is 14.0 Å². The quantitative estimate of drug-likeness (QED) is 0.580. The summed E-state index contributed by atoms with van der Waals surface area (Å²) < 4.78 is 10.1. The van der Waals surface area contributed by atoms with Gasteiger partial charge in [0.2, 0.25) is 11.7 Å². The van der Waals surface area contributed by atoms with E-state index in [0.29, 0.717) is 11.3 Å². The van der Waals surface area contributed by atoms with E-state index in [2.05, 4.69) is 5.32 Å². The zero-order valence-corrected chi connectivity index (χ0v) is 14.7. The van der Waals surface area contributed by atoms with Gasteiger partial charge in [-0.15, -0.1) is 0 Å². The summed E-state index contributed by atoms with van der Waals surface area (Å²) in [4.78, 5) is 35.9. The number of carbonyl (C=O) groups is 3. The van der Waals surface area contributed by atoms with Crippen molar-refractivity contribution in [3.63, 3.8) is 0 Å². The number of rotatable bonds is 8. The molecule has 1 amide bonds. The molecular weight excluding hydrogens is 334 g/mol. The van der Waals surface area contributed by atoms with Gasteiger partial charge in [0.1, 0.15) is 12.3 Å². The first-order valence-corrected chi connectivity index (χ1v) is 8.18. The van der Waals surface area contributed by atoms with Gasteiger partial charge in [-0.05, 0) is 36.8 Å². The van der Waals surface area contributed by atoms with E-state index < -0.39 is 12.1 Å². The maximum Gasteiger partial charge on any atom is 0.326 e. The Labute approximate surface area is 152 Å². The molecule has 2 aromatic rings. The van der Waals surface area contributed by atoms with Crippen LogP contribution in [0.2, 0.25) is 0 Å². The van der Waals surface area contributed by atoms with Crippen molar-refractivity contribution in [2.24, 2.45) is 0 Å². The molecule has 0 aliphatic carbocycles. The number of esters is 1. The molecule has 0 radical (unpaired) electrons. The van der Waals surface area contributed by atoms with Gasteiger partial charge >= 0.3 is 5.97 Å². The first-order chi connectivity index (χ1) is 12.5. The first-order valence-electron chi connectivity index (χ1n) is 8.18. The molecule has 0 heterocycles. The number of hydrogen-bond acceptors (Lipinski definition) is 5. The van der Waals surface area contributed by atoms with Crippen LogP contribution >= 0.6 is 0 Å². The van der Waals surface area contributed by atoms with Crippen LogP contribution < -0.4 is 10.1 Å². The molecule has 6 heteroatoms. The minimum atomic E-state index is -0.943. The summed E-state index contributed by atoms with van der Waals surface area (Å²) in [6, 6.07) is 15.7. The average molecular weight is 355 g/mol. The molecule has 2 rings (SSSR count). The lowest BCUT2D eigenvalue weighted by Gasteiger charge is -2.13. The van der Waals surface area contributed by atoms with Crippen molar-refractivity contribution < 1.29 is 23.9 Å². The maximum absolute atomic E-state index is 12.3. The van der Waals surface area contributed by atoms with Crippen molar-refractivity contribution in [1.82, 2.24) is 5.32 Å². The Hall–Kier alpha value is -3.15. The molecule has 0 aliphatic heterocycles. The summed E-state index contributed by atoms with van der Waals surface area (Å²) in [5.74, 6) is -0.646. The molecule has 26 heavy (non-hydrogen) atoms. The highest BCUT2D eigenvalue weighted by Crippen LogP contribution is 2.13. The number of ether oxygens (including phenoxy) is 2. The molecule has 136 valence electrons. The number of nitrogens with one attached hydrogen (secondary N) is 1. The number of hydrogen-bond donors (Lipinski definition) is 1. The minimum absolute atomic E-state index is 0.175. The normalized spacial score (nSPS) is 11.3. The summed E-state index contributed by atoms with van der Waals surface area (Å²) in [5.41, 5.74) is 1.26. The Morgan fingerprint density at radius 2 is 1.65 bits per heavy atom. The highest BCUT2D eigenvalue weighted by molar-refractivity contribution is 6.00. The number of ketones is 1. The Kier molecular flexibility index (Phi) is 6.91. The second-order valence-electron chi connectivity index (χ2n) is 5.66. The van der Waals surface area contributed by atoms with Gasteiger partial charge in [0.15, 0.2) is 6.10 Å². The van der Waals surface area contributed by atoms with E-state index in [1.54, 1.807) is 24.3 Å². The number of amides is 1. The Balaban J connectivity index is 1.78. The van der Waals surface area contributed by atoms with Gasteiger partial charge in [-0.1, -0.05) is 30.3 Å². The molecule has 2 aromatic carbocycles. The van der Waals surface area contributed by atoms with Gasteiger partial charge < -0.3 is 14.8 Å². The molecule has 0 aliphatic rings. The van der Waals surface area contributed by atoms with Crippen molar-refractivity contribution in [1.29, 1.82) is 0 Å². The minimum Gasteiger partial charge on any atom is -0.497 e. The SMILES string of the molecule is COc1ccc(C(=O)[C@@H](C)OC(=O)CNC(=O)Cc2ccccc2)cc1. The molecule has 0 bridgehead atoms. The van der Waals surface area contributed by atoms with Crippen LogP contribution in [0.15, 0.2) is 54.6 Å². The number of Topliss-reactive ketones (excluding diaryl/α,β-unsaturated/α-hetero) is 1. The number of benzene rings is 2. The van der Waals surface area contributed by atoms with Crippen LogP contribution in [-0.2, 0) is 20.7 Å². The molecule has 0 saturated carbocycles. The number of carbonyl (C=O) groups excluding carboxylic acids is 3. The third-order valence-electron chi connectivity index (χ3n) is 3.69. The van der Waals surface area contributed by atoms with Crippen molar-refractivity contribution in [3.05, 3.63) is 65.7 Å². The fraction of sp³-hybridized carbons (Fsp3) is 0.250. The smallest absolute Gasteiger partial charge is 0.326 e. The van der Waals surface area contributed by atoms with Gasteiger partial charge in [0.25, 0.3) is 0 Å². The Morgan fingerprint density at radius 3 is 2.27 bits per heavy atom. The lowest BCUT2D eigenvalue weighted by Crippen LogP contribution is -2.34. The highest BCUT2D eigenvalue weighted by atomic mass is 16.5. The number of methoxy groups -OCH3 is 1. The van der Waals surface area contributed by atoms with Crippen molar-refractivity contribution >= 4 is 17.7 Å². The van der Waals surface area contributed by atoms with Gasteiger partial charge in [-0.25, -0.2) is 0 Å². The van der Waals surface area contributed by atoms with Crippen molar-refractivity contribution in [2.45, 2.75) is 19.4 Å². The van der Waals surface area contributed by atoms with Crippen LogP contribution in [0, 0.1) is 0 Å². The van der Waals surface area contributed by atoms with E-state index in [4.69, 9.17) is 9.47 Å². The van der Waals surface area contributed by atoms with E-state index in [9.17, 15) is 14.4 Å². The third-order valence-corrected chi connectivity index (χ3v) is 3.69. The first kappa shape index (κ1) is 19.2. The molecule has 1 atom stereocenters. The van der Waals surface area contributed by atoms with Gasteiger partial charge in [-0.3, -0.25) is 14.4 Å². The van der Waals surface area contributed by atoms with E-state index in [0.717, 1.165) is 5.56 Å². The van der Waals surface area contributed by atoms with Crippen LogP contribution in [-0.4, -0.2) is 37.4 Å². The molecule has 0 aromatic heterocycles. The fourth-order valence-corrected chi connectivity index (χ4v) is 2.30.